The average molecular weight is 279 g/mol. The fraction of sp³-hybridized carbons (Fsp3) is 0.0625. The summed E-state index contributed by atoms with van der Waals surface area (Å²) in [5, 5.41) is 17.2. The van der Waals surface area contributed by atoms with Crippen LogP contribution >= 0.6 is 0 Å². The molecule has 0 bridgehead atoms. The van der Waals surface area contributed by atoms with E-state index in [1.165, 1.54) is 0 Å². The van der Waals surface area contributed by atoms with Crippen LogP contribution in [0.15, 0.2) is 54.9 Å². The Morgan fingerprint density at radius 1 is 1.14 bits per heavy atom. The summed E-state index contributed by atoms with van der Waals surface area (Å²) in [6.07, 6.45) is 3.26. The molecule has 0 aliphatic rings. The van der Waals surface area contributed by atoms with Crippen LogP contribution < -0.4 is 0 Å². The van der Waals surface area contributed by atoms with Crippen LogP contribution in [0.25, 0.3) is 16.8 Å². The molecule has 1 aromatic heterocycles. The lowest BCUT2D eigenvalue weighted by Crippen LogP contribution is -2.06. The van der Waals surface area contributed by atoms with Crippen LogP contribution in [-0.2, 0) is 0 Å². The molecule has 5 nitrogen and oxygen atoms in total. The van der Waals surface area contributed by atoms with E-state index in [-0.39, 0.29) is 5.56 Å². The van der Waals surface area contributed by atoms with Gasteiger partial charge in [-0.1, -0.05) is 35.5 Å². The Kier molecular flexibility index (Phi) is 3.23. The third kappa shape index (κ3) is 2.41. The van der Waals surface area contributed by atoms with Crippen molar-refractivity contribution in [1.29, 1.82) is 0 Å². The van der Waals surface area contributed by atoms with Gasteiger partial charge in [0, 0.05) is 0 Å². The van der Waals surface area contributed by atoms with Gasteiger partial charge in [-0.3, -0.25) is 0 Å². The summed E-state index contributed by atoms with van der Waals surface area (Å²) in [5.41, 5.74) is 3.44. The van der Waals surface area contributed by atoms with Crippen LogP contribution in [0, 0.1) is 6.92 Å². The highest BCUT2D eigenvalue weighted by Crippen LogP contribution is 2.27. The van der Waals surface area contributed by atoms with Gasteiger partial charge in [-0.05, 0) is 35.7 Å². The van der Waals surface area contributed by atoms with E-state index >= 15 is 0 Å². The molecule has 3 rings (SSSR count). The van der Waals surface area contributed by atoms with E-state index in [1.807, 2.05) is 36.4 Å². The number of aromatic nitrogens is 3. The fourth-order valence-electron chi connectivity index (χ4n) is 2.29. The van der Waals surface area contributed by atoms with Crippen LogP contribution in [0.4, 0.5) is 0 Å². The summed E-state index contributed by atoms with van der Waals surface area (Å²) in [7, 11) is 0. The van der Waals surface area contributed by atoms with Gasteiger partial charge in [0.05, 0.1) is 23.6 Å². The standard InChI is InChI=1S/C16H13N3O2/c1-11-14(16(20)21)9-13(12-5-3-2-4-6-12)10-15(11)19-8-7-17-18-19/h2-10H,1H3,(H,20,21). The van der Waals surface area contributed by atoms with Crippen molar-refractivity contribution in [2.45, 2.75) is 6.92 Å². The third-order valence-electron chi connectivity index (χ3n) is 3.39. The van der Waals surface area contributed by atoms with Gasteiger partial charge in [-0.25, -0.2) is 9.48 Å². The first kappa shape index (κ1) is 13.1. The van der Waals surface area contributed by atoms with Crippen LogP contribution in [0.3, 0.4) is 0 Å². The Bertz CT molecular complexity index is 781. The molecule has 1 N–H and O–H groups in total. The van der Waals surface area contributed by atoms with E-state index < -0.39 is 5.97 Å². The van der Waals surface area contributed by atoms with Gasteiger partial charge in [-0.2, -0.15) is 0 Å². The number of rotatable bonds is 3. The summed E-state index contributed by atoms with van der Waals surface area (Å²) >= 11 is 0. The molecule has 2 aromatic carbocycles. The number of carboxylic acids is 1. The summed E-state index contributed by atoms with van der Waals surface area (Å²) in [6.45, 7) is 1.77. The Morgan fingerprint density at radius 3 is 2.52 bits per heavy atom. The second-order valence-electron chi connectivity index (χ2n) is 4.69. The van der Waals surface area contributed by atoms with Gasteiger partial charge in [0.1, 0.15) is 0 Å². The minimum Gasteiger partial charge on any atom is -0.478 e. The largest absolute Gasteiger partial charge is 0.478 e. The number of aromatic carboxylic acids is 1. The Labute approximate surface area is 121 Å². The topological polar surface area (TPSA) is 68.0 Å². The molecule has 0 unspecified atom stereocenters. The molecule has 0 aliphatic heterocycles. The lowest BCUT2D eigenvalue weighted by molar-refractivity contribution is 0.0696. The Morgan fingerprint density at radius 2 is 1.90 bits per heavy atom. The van der Waals surface area contributed by atoms with Gasteiger partial charge in [0.25, 0.3) is 0 Å². The number of hydrogen-bond donors (Lipinski definition) is 1. The maximum absolute atomic E-state index is 11.5. The molecule has 0 saturated carbocycles. The highest BCUT2D eigenvalue weighted by molar-refractivity contribution is 5.92. The SMILES string of the molecule is Cc1c(C(=O)O)cc(-c2ccccc2)cc1-n1ccnn1. The molecule has 0 amide bonds. The zero-order chi connectivity index (χ0) is 14.8. The highest BCUT2D eigenvalue weighted by Gasteiger charge is 2.15. The highest BCUT2D eigenvalue weighted by atomic mass is 16.4. The van der Waals surface area contributed by atoms with Crippen LogP contribution in [0.1, 0.15) is 15.9 Å². The molecule has 0 spiro atoms. The van der Waals surface area contributed by atoms with Gasteiger partial charge in [0.15, 0.2) is 0 Å². The fourth-order valence-corrected chi connectivity index (χ4v) is 2.29. The lowest BCUT2D eigenvalue weighted by atomic mass is 9.98. The van der Waals surface area contributed by atoms with Gasteiger partial charge < -0.3 is 5.11 Å². The van der Waals surface area contributed by atoms with Crippen molar-refractivity contribution >= 4 is 5.97 Å². The van der Waals surface area contributed by atoms with Crippen LogP contribution in [0.5, 0.6) is 0 Å². The second-order valence-corrected chi connectivity index (χ2v) is 4.69. The molecule has 0 aliphatic carbocycles. The van der Waals surface area contributed by atoms with E-state index in [0.717, 1.165) is 11.1 Å². The zero-order valence-corrected chi connectivity index (χ0v) is 11.4. The molecule has 3 aromatic rings. The lowest BCUT2D eigenvalue weighted by Gasteiger charge is -2.12. The first-order valence-corrected chi connectivity index (χ1v) is 6.47. The zero-order valence-electron chi connectivity index (χ0n) is 11.4. The van der Waals surface area contributed by atoms with E-state index in [9.17, 15) is 9.90 Å². The molecular formula is C16H13N3O2. The molecule has 1 heterocycles. The molecule has 21 heavy (non-hydrogen) atoms. The van der Waals surface area contributed by atoms with E-state index in [4.69, 9.17) is 0 Å². The van der Waals surface area contributed by atoms with Crippen molar-refractivity contribution in [2.75, 3.05) is 0 Å². The quantitative estimate of drug-likeness (QED) is 0.800. The average Bonchev–Trinajstić information content (AvgIpc) is 3.02. The van der Waals surface area contributed by atoms with E-state index in [2.05, 4.69) is 10.3 Å². The van der Waals surface area contributed by atoms with Crippen molar-refractivity contribution in [3.63, 3.8) is 0 Å². The summed E-state index contributed by atoms with van der Waals surface area (Å²) in [5.74, 6) is -0.952. The minimum absolute atomic E-state index is 0.266. The predicted octanol–water partition coefficient (Wildman–Crippen LogP) is 2.94. The van der Waals surface area contributed by atoms with E-state index in [0.29, 0.717) is 11.3 Å². The van der Waals surface area contributed by atoms with Crippen molar-refractivity contribution in [3.05, 3.63) is 66.0 Å². The van der Waals surface area contributed by atoms with E-state index in [1.54, 1.807) is 30.1 Å². The second kappa shape index (κ2) is 5.20. The predicted molar refractivity (Wildman–Crippen MR) is 78.5 cm³/mol. The first-order valence-electron chi connectivity index (χ1n) is 6.47. The first-order chi connectivity index (χ1) is 10.2. The molecule has 104 valence electrons. The van der Waals surface area contributed by atoms with Crippen molar-refractivity contribution in [2.24, 2.45) is 0 Å². The maximum Gasteiger partial charge on any atom is 0.336 e. The van der Waals surface area contributed by atoms with Crippen molar-refractivity contribution < 1.29 is 9.90 Å². The number of carboxylic acid groups (broad SMARTS) is 1. The molecule has 5 heteroatoms. The van der Waals surface area contributed by atoms with Crippen molar-refractivity contribution in [3.8, 4) is 16.8 Å². The number of carbonyl (C=O) groups is 1. The molecule has 0 atom stereocenters. The monoisotopic (exact) mass is 279 g/mol. The van der Waals surface area contributed by atoms with Crippen LogP contribution in [0.2, 0.25) is 0 Å². The minimum atomic E-state index is -0.952. The number of nitrogens with zero attached hydrogens (tertiary/aromatic N) is 3. The van der Waals surface area contributed by atoms with Gasteiger partial charge >= 0.3 is 5.97 Å². The summed E-state index contributed by atoms with van der Waals surface area (Å²) < 4.78 is 1.58. The third-order valence-corrected chi connectivity index (χ3v) is 3.39. The summed E-state index contributed by atoms with van der Waals surface area (Å²) in [4.78, 5) is 11.5. The van der Waals surface area contributed by atoms with Gasteiger partial charge in [-0.15, -0.1) is 5.10 Å². The maximum atomic E-state index is 11.5. The molecule has 0 radical (unpaired) electrons. The number of hydrogen-bond acceptors (Lipinski definition) is 3. The number of benzene rings is 2. The Balaban J connectivity index is 2.26. The normalized spacial score (nSPS) is 10.5. The van der Waals surface area contributed by atoms with Gasteiger partial charge in [0.2, 0.25) is 0 Å². The van der Waals surface area contributed by atoms with Crippen LogP contribution in [-0.4, -0.2) is 26.1 Å². The van der Waals surface area contributed by atoms with Crippen molar-refractivity contribution in [1.82, 2.24) is 15.0 Å². The molecular weight excluding hydrogens is 266 g/mol. The Hall–Kier alpha value is -2.95. The molecule has 0 saturated heterocycles. The smallest absolute Gasteiger partial charge is 0.336 e. The summed E-state index contributed by atoms with van der Waals surface area (Å²) in [6, 6.07) is 13.3. The molecule has 0 fully saturated rings.